The third kappa shape index (κ3) is 4.18. The summed E-state index contributed by atoms with van der Waals surface area (Å²) in [6, 6.07) is 11.8. The lowest BCUT2D eigenvalue weighted by molar-refractivity contribution is 0.0943. The molecule has 0 radical (unpaired) electrons. The maximum absolute atomic E-state index is 12.1. The summed E-state index contributed by atoms with van der Waals surface area (Å²) in [4.78, 5) is 24.0. The van der Waals surface area contributed by atoms with Gasteiger partial charge in [-0.1, -0.05) is 18.2 Å². The predicted molar refractivity (Wildman–Crippen MR) is 90.1 cm³/mol. The van der Waals surface area contributed by atoms with Crippen molar-refractivity contribution in [1.29, 1.82) is 0 Å². The van der Waals surface area contributed by atoms with Gasteiger partial charge in [-0.15, -0.1) is 12.4 Å². The first-order chi connectivity index (χ1) is 10.6. The second-order valence-electron chi connectivity index (χ2n) is 5.52. The monoisotopic (exact) mass is 334 g/mol. The van der Waals surface area contributed by atoms with Gasteiger partial charge in [0.2, 0.25) is 0 Å². The number of benzene rings is 1. The van der Waals surface area contributed by atoms with Crippen LogP contribution in [0, 0.1) is 5.92 Å². The molecule has 1 aromatic carbocycles. The standard InChI is InChI=1S/C16H18N4O2.ClH/c17-13(11-6-7-11)10-18-16(22)14-8-9-15(21)20(19-14)12-4-2-1-3-5-12;/h1-5,8-9,11,13H,6-7,10,17H2,(H,18,22);1H. The van der Waals surface area contributed by atoms with E-state index in [2.05, 4.69) is 10.4 Å². The molecule has 1 unspecified atom stereocenters. The van der Waals surface area contributed by atoms with E-state index >= 15 is 0 Å². The SMILES string of the molecule is Cl.NC(CNC(=O)c1ccc(=O)n(-c2ccccc2)n1)C1CC1. The van der Waals surface area contributed by atoms with E-state index in [1.165, 1.54) is 16.8 Å². The van der Waals surface area contributed by atoms with Crippen molar-refractivity contribution in [1.82, 2.24) is 15.1 Å². The molecule has 1 saturated carbocycles. The van der Waals surface area contributed by atoms with Gasteiger partial charge in [0.15, 0.2) is 0 Å². The van der Waals surface area contributed by atoms with Gasteiger partial charge in [-0.2, -0.15) is 9.78 Å². The number of carbonyl (C=O) groups is 1. The Bertz CT molecular complexity index is 728. The second kappa shape index (κ2) is 7.39. The van der Waals surface area contributed by atoms with Crippen LogP contribution in [0.4, 0.5) is 0 Å². The van der Waals surface area contributed by atoms with Gasteiger partial charge >= 0.3 is 0 Å². The molecule has 1 fully saturated rings. The molecule has 0 aliphatic heterocycles. The first kappa shape index (κ1) is 17.2. The van der Waals surface area contributed by atoms with Crippen molar-refractivity contribution in [2.24, 2.45) is 11.7 Å². The van der Waals surface area contributed by atoms with Gasteiger partial charge in [0.05, 0.1) is 5.69 Å². The topological polar surface area (TPSA) is 90.0 Å². The molecule has 2 aromatic rings. The zero-order valence-electron chi connectivity index (χ0n) is 12.5. The van der Waals surface area contributed by atoms with Gasteiger partial charge < -0.3 is 11.1 Å². The number of nitrogens with zero attached hydrogens (tertiary/aromatic N) is 2. The van der Waals surface area contributed by atoms with Crippen LogP contribution < -0.4 is 16.6 Å². The van der Waals surface area contributed by atoms with Crippen LogP contribution in [0.3, 0.4) is 0 Å². The van der Waals surface area contributed by atoms with Crippen LogP contribution in [0.25, 0.3) is 5.69 Å². The summed E-state index contributed by atoms with van der Waals surface area (Å²) in [5.74, 6) is 0.201. The fraction of sp³-hybridized carbons (Fsp3) is 0.312. The summed E-state index contributed by atoms with van der Waals surface area (Å²) in [6.07, 6.45) is 2.27. The molecule has 3 rings (SSSR count). The lowest BCUT2D eigenvalue weighted by atomic mass is 10.2. The summed E-state index contributed by atoms with van der Waals surface area (Å²) in [7, 11) is 0. The Labute approximate surface area is 140 Å². The van der Waals surface area contributed by atoms with E-state index < -0.39 is 0 Å². The summed E-state index contributed by atoms with van der Waals surface area (Å²) in [5.41, 5.74) is 6.50. The molecule has 1 aliphatic carbocycles. The van der Waals surface area contributed by atoms with Crippen LogP contribution in [0.1, 0.15) is 23.3 Å². The van der Waals surface area contributed by atoms with E-state index in [-0.39, 0.29) is 35.6 Å². The summed E-state index contributed by atoms with van der Waals surface area (Å²) in [6.45, 7) is 0.426. The number of rotatable bonds is 5. The molecule has 1 atom stereocenters. The van der Waals surface area contributed by atoms with Gasteiger partial charge in [-0.05, 0) is 37.0 Å². The number of halogens is 1. The van der Waals surface area contributed by atoms with E-state index in [0.717, 1.165) is 12.8 Å². The Morgan fingerprint density at radius 3 is 2.61 bits per heavy atom. The van der Waals surface area contributed by atoms with Crippen LogP contribution in [-0.2, 0) is 0 Å². The highest BCUT2D eigenvalue weighted by molar-refractivity contribution is 5.92. The Morgan fingerprint density at radius 1 is 1.26 bits per heavy atom. The number of aromatic nitrogens is 2. The fourth-order valence-corrected chi connectivity index (χ4v) is 2.28. The van der Waals surface area contributed by atoms with Crippen LogP contribution in [0.15, 0.2) is 47.3 Å². The minimum absolute atomic E-state index is 0. The number of nitrogens with two attached hydrogens (primary N) is 1. The third-order valence-corrected chi connectivity index (χ3v) is 3.76. The van der Waals surface area contributed by atoms with Gasteiger partial charge in [-0.25, -0.2) is 0 Å². The minimum atomic E-state index is -0.319. The number of amides is 1. The van der Waals surface area contributed by atoms with E-state index in [9.17, 15) is 9.59 Å². The maximum atomic E-state index is 12.1. The quantitative estimate of drug-likeness (QED) is 0.857. The van der Waals surface area contributed by atoms with Gasteiger partial charge in [-0.3, -0.25) is 9.59 Å². The molecule has 1 amide bonds. The van der Waals surface area contributed by atoms with Crippen molar-refractivity contribution in [3.8, 4) is 5.69 Å². The lowest BCUT2D eigenvalue weighted by Crippen LogP contribution is -2.39. The van der Waals surface area contributed by atoms with Crippen molar-refractivity contribution in [3.63, 3.8) is 0 Å². The molecule has 122 valence electrons. The minimum Gasteiger partial charge on any atom is -0.349 e. The number of carbonyl (C=O) groups excluding carboxylic acids is 1. The Morgan fingerprint density at radius 2 is 1.96 bits per heavy atom. The highest BCUT2D eigenvalue weighted by Crippen LogP contribution is 2.31. The highest BCUT2D eigenvalue weighted by atomic mass is 35.5. The van der Waals surface area contributed by atoms with E-state index in [1.54, 1.807) is 12.1 Å². The van der Waals surface area contributed by atoms with Crippen molar-refractivity contribution < 1.29 is 4.79 Å². The fourth-order valence-electron chi connectivity index (χ4n) is 2.28. The molecule has 0 saturated heterocycles. The summed E-state index contributed by atoms with van der Waals surface area (Å²) in [5, 5.41) is 6.91. The van der Waals surface area contributed by atoms with Crippen LogP contribution in [-0.4, -0.2) is 28.3 Å². The van der Waals surface area contributed by atoms with Gasteiger partial charge in [0, 0.05) is 18.7 Å². The van der Waals surface area contributed by atoms with Gasteiger partial charge in [0.1, 0.15) is 5.69 Å². The van der Waals surface area contributed by atoms with Crippen LogP contribution >= 0.6 is 12.4 Å². The zero-order chi connectivity index (χ0) is 15.5. The molecule has 0 bridgehead atoms. The molecule has 1 aliphatic rings. The Hall–Kier alpha value is -2.18. The van der Waals surface area contributed by atoms with E-state index in [1.807, 2.05) is 18.2 Å². The largest absolute Gasteiger partial charge is 0.349 e. The summed E-state index contributed by atoms with van der Waals surface area (Å²) < 4.78 is 1.22. The van der Waals surface area contributed by atoms with Crippen molar-refractivity contribution in [2.75, 3.05) is 6.54 Å². The molecule has 1 heterocycles. The summed E-state index contributed by atoms with van der Waals surface area (Å²) >= 11 is 0. The number of nitrogens with one attached hydrogen (secondary N) is 1. The van der Waals surface area contributed by atoms with Crippen molar-refractivity contribution in [2.45, 2.75) is 18.9 Å². The molecule has 23 heavy (non-hydrogen) atoms. The molecular weight excluding hydrogens is 316 g/mol. The first-order valence-electron chi connectivity index (χ1n) is 7.35. The number of para-hydroxylation sites is 1. The van der Waals surface area contributed by atoms with Crippen molar-refractivity contribution in [3.05, 3.63) is 58.5 Å². The smallest absolute Gasteiger partial charge is 0.271 e. The Balaban J connectivity index is 0.00000192. The average Bonchev–Trinajstić information content (AvgIpc) is 3.38. The number of hydrogen-bond acceptors (Lipinski definition) is 4. The van der Waals surface area contributed by atoms with Crippen molar-refractivity contribution >= 4 is 18.3 Å². The molecule has 1 aromatic heterocycles. The lowest BCUT2D eigenvalue weighted by Gasteiger charge is -2.12. The van der Waals surface area contributed by atoms with E-state index in [4.69, 9.17) is 5.73 Å². The average molecular weight is 335 g/mol. The van der Waals surface area contributed by atoms with Gasteiger partial charge in [0.25, 0.3) is 11.5 Å². The Kier molecular flexibility index (Phi) is 5.52. The predicted octanol–water partition coefficient (Wildman–Crippen LogP) is 1.12. The molecule has 3 N–H and O–H groups in total. The first-order valence-corrected chi connectivity index (χ1v) is 7.35. The maximum Gasteiger partial charge on any atom is 0.271 e. The molecule has 0 spiro atoms. The van der Waals surface area contributed by atoms with E-state index in [0.29, 0.717) is 18.2 Å². The zero-order valence-corrected chi connectivity index (χ0v) is 13.3. The third-order valence-electron chi connectivity index (χ3n) is 3.76. The molecule has 7 heteroatoms. The molecular formula is C16H19ClN4O2. The second-order valence-corrected chi connectivity index (χ2v) is 5.52. The van der Waals surface area contributed by atoms with Crippen LogP contribution in [0.5, 0.6) is 0 Å². The normalized spacial score (nSPS) is 14.7. The number of hydrogen-bond donors (Lipinski definition) is 2. The van der Waals surface area contributed by atoms with Crippen LogP contribution in [0.2, 0.25) is 0 Å². The highest BCUT2D eigenvalue weighted by Gasteiger charge is 2.28. The molecule has 6 nitrogen and oxygen atoms in total.